The molecule has 110 valence electrons. The molecular weight excluding hydrogens is 256 g/mol. The molecule has 0 bridgehead atoms. The normalized spacial score (nSPS) is 11.8. The van der Waals surface area contributed by atoms with Crippen molar-refractivity contribution in [3.63, 3.8) is 0 Å². The first kappa shape index (κ1) is 16.0. The third-order valence-electron chi connectivity index (χ3n) is 2.80. The van der Waals surface area contributed by atoms with E-state index in [9.17, 15) is 9.59 Å². The lowest BCUT2D eigenvalue weighted by atomic mass is 10.1. The molecule has 0 aliphatic rings. The van der Waals surface area contributed by atoms with Crippen LogP contribution in [0.15, 0.2) is 24.3 Å². The average molecular weight is 278 g/mol. The number of hydrogen-bond donors (Lipinski definition) is 2. The van der Waals surface area contributed by atoms with Crippen molar-refractivity contribution in [1.29, 1.82) is 0 Å². The molecule has 2 N–H and O–H groups in total. The smallest absolute Gasteiger partial charge is 0.411 e. The van der Waals surface area contributed by atoms with Crippen LogP contribution in [-0.2, 0) is 9.53 Å². The summed E-state index contributed by atoms with van der Waals surface area (Å²) in [7, 11) is 0. The van der Waals surface area contributed by atoms with Gasteiger partial charge in [0, 0.05) is 17.3 Å². The summed E-state index contributed by atoms with van der Waals surface area (Å²) in [4.78, 5) is 23.1. The molecule has 0 aliphatic heterocycles. The lowest BCUT2D eigenvalue weighted by Gasteiger charge is -2.11. The zero-order valence-corrected chi connectivity index (χ0v) is 12.4. The molecule has 1 atom stereocenters. The predicted octanol–water partition coefficient (Wildman–Crippen LogP) is 3.63. The molecule has 0 heterocycles. The number of amides is 2. The van der Waals surface area contributed by atoms with Gasteiger partial charge in [0.1, 0.15) is 0 Å². The Kier molecular flexibility index (Phi) is 6.03. The van der Waals surface area contributed by atoms with Gasteiger partial charge in [-0.3, -0.25) is 10.1 Å². The van der Waals surface area contributed by atoms with E-state index in [1.807, 2.05) is 13.8 Å². The summed E-state index contributed by atoms with van der Waals surface area (Å²) in [6.45, 7) is 7.42. The van der Waals surface area contributed by atoms with Gasteiger partial charge in [-0.25, -0.2) is 4.79 Å². The van der Waals surface area contributed by atoms with Crippen molar-refractivity contribution in [1.82, 2.24) is 0 Å². The zero-order chi connectivity index (χ0) is 15.1. The number of benzene rings is 1. The van der Waals surface area contributed by atoms with Crippen LogP contribution in [0.3, 0.4) is 0 Å². The van der Waals surface area contributed by atoms with Gasteiger partial charge < -0.3 is 10.1 Å². The Morgan fingerprint density at radius 3 is 2.00 bits per heavy atom. The second kappa shape index (κ2) is 7.53. The molecule has 0 saturated heterocycles. The van der Waals surface area contributed by atoms with Crippen molar-refractivity contribution in [2.24, 2.45) is 5.92 Å². The van der Waals surface area contributed by atoms with E-state index >= 15 is 0 Å². The SMILES string of the molecule is CCC(C)C(=O)Nc1ccc(NC(=O)OC(C)C)cc1. The number of nitrogens with one attached hydrogen (secondary N) is 2. The fourth-order valence-corrected chi connectivity index (χ4v) is 1.45. The first-order valence-corrected chi connectivity index (χ1v) is 6.81. The Balaban J connectivity index is 2.56. The maximum absolute atomic E-state index is 11.7. The fourth-order valence-electron chi connectivity index (χ4n) is 1.45. The molecule has 1 unspecified atom stereocenters. The highest BCUT2D eigenvalue weighted by atomic mass is 16.6. The van der Waals surface area contributed by atoms with Crippen molar-refractivity contribution < 1.29 is 14.3 Å². The van der Waals surface area contributed by atoms with Crippen LogP contribution in [0.4, 0.5) is 16.2 Å². The number of carbonyl (C=O) groups is 2. The van der Waals surface area contributed by atoms with Gasteiger partial charge in [0.05, 0.1) is 6.10 Å². The topological polar surface area (TPSA) is 67.4 Å². The maximum atomic E-state index is 11.7. The van der Waals surface area contributed by atoms with E-state index in [4.69, 9.17) is 4.74 Å². The largest absolute Gasteiger partial charge is 0.447 e. The summed E-state index contributed by atoms with van der Waals surface area (Å²) in [5, 5.41) is 5.44. The Hall–Kier alpha value is -2.04. The Labute approximate surface area is 119 Å². The lowest BCUT2D eigenvalue weighted by Crippen LogP contribution is -2.20. The molecule has 2 amide bonds. The summed E-state index contributed by atoms with van der Waals surface area (Å²) in [6, 6.07) is 6.91. The van der Waals surface area contributed by atoms with E-state index in [1.54, 1.807) is 38.1 Å². The van der Waals surface area contributed by atoms with Gasteiger partial charge in [-0.1, -0.05) is 13.8 Å². The molecule has 0 aliphatic carbocycles. The van der Waals surface area contributed by atoms with E-state index in [0.717, 1.165) is 6.42 Å². The highest BCUT2D eigenvalue weighted by Crippen LogP contribution is 2.15. The van der Waals surface area contributed by atoms with Gasteiger partial charge in [0.2, 0.25) is 5.91 Å². The first-order valence-electron chi connectivity index (χ1n) is 6.81. The van der Waals surface area contributed by atoms with Gasteiger partial charge in [-0.05, 0) is 44.5 Å². The van der Waals surface area contributed by atoms with Crippen molar-refractivity contribution in [2.45, 2.75) is 40.2 Å². The summed E-state index contributed by atoms with van der Waals surface area (Å²) in [6.07, 6.45) is 0.146. The highest BCUT2D eigenvalue weighted by molar-refractivity contribution is 5.92. The monoisotopic (exact) mass is 278 g/mol. The van der Waals surface area contributed by atoms with Gasteiger partial charge in [-0.15, -0.1) is 0 Å². The van der Waals surface area contributed by atoms with Crippen LogP contribution >= 0.6 is 0 Å². The van der Waals surface area contributed by atoms with Crippen LogP contribution in [0.1, 0.15) is 34.1 Å². The average Bonchev–Trinajstić information content (AvgIpc) is 2.39. The third-order valence-corrected chi connectivity index (χ3v) is 2.80. The van der Waals surface area contributed by atoms with Crippen molar-refractivity contribution in [3.05, 3.63) is 24.3 Å². The number of rotatable bonds is 5. The Morgan fingerprint density at radius 1 is 1.05 bits per heavy atom. The molecule has 5 nitrogen and oxygen atoms in total. The highest BCUT2D eigenvalue weighted by Gasteiger charge is 2.10. The minimum absolute atomic E-state index is 0.00701. The van der Waals surface area contributed by atoms with E-state index in [0.29, 0.717) is 11.4 Å². The van der Waals surface area contributed by atoms with Gasteiger partial charge >= 0.3 is 6.09 Å². The summed E-state index contributed by atoms with van der Waals surface area (Å²) in [5.74, 6) is -0.0266. The lowest BCUT2D eigenvalue weighted by molar-refractivity contribution is -0.119. The molecule has 20 heavy (non-hydrogen) atoms. The maximum Gasteiger partial charge on any atom is 0.411 e. The number of ether oxygens (including phenoxy) is 1. The summed E-state index contributed by atoms with van der Waals surface area (Å²) >= 11 is 0. The quantitative estimate of drug-likeness (QED) is 0.864. The van der Waals surface area contributed by atoms with Gasteiger partial charge in [0.25, 0.3) is 0 Å². The van der Waals surface area contributed by atoms with E-state index in [1.165, 1.54) is 0 Å². The minimum Gasteiger partial charge on any atom is -0.447 e. The van der Waals surface area contributed by atoms with E-state index in [-0.39, 0.29) is 17.9 Å². The third kappa shape index (κ3) is 5.30. The molecule has 1 aromatic carbocycles. The van der Waals surface area contributed by atoms with E-state index in [2.05, 4.69) is 10.6 Å². The van der Waals surface area contributed by atoms with Crippen LogP contribution < -0.4 is 10.6 Å². The zero-order valence-electron chi connectivity index (χ0n) is 12.4. The minimum atomic E-state index is -0.489. The Bertz CT molecular complexity index is 455. The Morgan fingerprint density at radius 2 is 1.55 bits per heavy atom. The van der Waals surface area contributed by atoms with Crippen molar-refractivity contribution >= 4 is 23.4 Å². The molecule has 5 heteroatoms. The second-order valence-electron chi connectivity index (χ2n) is 4.95. The van der Waals surface area contributed by atoms with Gasteiger partial charge in [-0.2, -0.15) is 0 Å². The van der Waals surface area contributed by atoms with Gasteiger partial charge in [0.15, 0.2) is 0 Å². The molecule has 1 aromatic rings. The van der Waals surface area contributed by atoms with Crippen LogP contribution in [0.5, 0.6) is 0 Å². The first-order chi connectivity index (χ1) is 9.42. The van der Waals surface area contributed by atoms with Crippen molar-refractivity contribution in [3.8, 4) is 0 Å². The van der Waals surface area contributed by atoms with Crippen molar-refractivity contribution in [2.75, 3.05) is 10.6 Å². The fraction of sp³-hybridized carbons (Fsp3) is 0.467. The predicted molar refractivity (Wildman–Crippen MR) is 79.8 cm³/mol. The molecule has 0 aromatic heterocycles. The summed E-state index contributed by atoms with van der Waals surface area (Å²) in [5.41, 5.74) is 1.33. The summed E-state index contributed by atoms with van der Waals surface area (Å²) < 4.78 is 4.98. The molecule has 0 fully saturated rings. The van der Waals surface area contributed by atoms with Crippen LogP contribution in [0.25, 0.3) is 0 Å². The van der Waals surface area contributed by atoms with Crippen LogP contribution in [0, 0.1) is 5.92 Å². The molecule has 1 rings (SSSR count). The standard InChI is InChI=1S/C15H22N2O3/c1-5-11(4)14(18)16-12-6-8-13(9-7-12)17-15(19)20-10(2)3/h6-11H,5H2,1-4H3,(H,16,18)(H,17,19). The molecule has 0 radical (unpaired) electrons. The number of hydrogen-bond acceptors (Lipinski definition) is 3. The molecule has 0 saturated carbocycles. The second-order valence-corrected chi connectivity index (χ2v) is 4.95. The number of anilines is 2. The van der Waals surface area contributed by atoms with E-state index < -0.39 is 6.09 Å². The number of carbonyl (C=O) groups excluding carboxylic acids is 2. The molecule has 0 spiro atoms. The van der Waals surface area contributed by atoms with Crippen LogP contribution in [-0.4, -0.2) is 18.1 Å². The van der Waals surface area contributed by atoms with Crippen LogP contribution in [0.2, 0.25) is 0 Å². The molecular formula is C15H22N2O3.